The summed E-state index contributed by atoms with van der Waals surface area (Å²) in [4.78, 5) is -0.185. The first-order chi connectivity index (χ1) is 9.69. The van der Waals surface area contributed by atoms with E-state index in [0.717, 1.165) is 37.1 Å². The Kier molecular flexibility index (Phi) is 5.88. The number of hydrogen-bond donors (Lipinski definition) is 2. The third kappa shape index (κ3) is 4.13. The molecule has 9 heteroatoms. The molecule has 3 N–H and O–H groups in total. The zero-order valence-electron chi connectivity index (χ0n) is 11.7. The van der Waals surface area contributed by atoms with Crippen molar-refractivity contribution in [2.24, 2.45) is 5.73 Å². The number of halogens is 4. The normalized spacial score (nSPS) is 18.0. The Morgan fingerprint density at radius 1 is 1.14 bits per heavy atom. The van der Waals surface area contributed by atoms with Crippen LogP contribution >= 0.6 is 12.4 Å². The summed E-state index contributed by atoms with van der Waals surface area (Å²) in [6, 6.07) is 3.45. The summed E-state index contributed by atoms with van der Waals surface area (Å²) in [5, 5.41) is 0. The van der Waals surface area contributed by atoms with Crippen molar-refractivity contribution in [1.29, 1.82) is 0 Å². The van der Waals surface area contributed by atoms with Gasteiger partial charge >= 0.3 is 6.18 Å². The van der Waals surface area contributed by atoms with Crippen LogP contribution in [0.1, 0.15) is 31.2 Å². The average Bonchev–Trinajstić information content (AvgIpc) is 2.86. The highest BCUT2D eigenvalue weighted by Gasteiger charge is 2.37. The van der Waals surface area contributed by atoms with Gasteiger partial charge in [0.25, 0.3) is 0 Å². The van der Waals surface area contributed by atoms with Gasteiger partial charge in [-0.2, -0.15) is 13.2 Å². The predicted octanol–water partition coefficient (Wildman–Crippen LogP) is 2.68. The van der Waals surface area contributed by atoms with E-state index in [-0.39, 0.29) is 23.8 Å². The first-order valence-corrected chi connectivity index (χ1v) is 8.08. The smallest absolute Gasteiger partial charge is 0.329 e. The molecule has 1 saturated carbocycles. The summed E-state index contributed by atoms with van der Waals surface area (Å²) in [5.41, 5.74) is 4.10. The van der Waals surface area contributed by atoms with Crippen LogP contribution < -0.4 is 10.5 Å². The zero-order chi connectivity index (χ0) is 15.7. The van der Waals surface area contributed by atoms with E-state index in [1.54, 1.807) is 0 Å². The van der Waals surface area contributed by atoms with Crippen LogP contribution in [0.2, 0.25) is 0 Å². The maximum Gasteiger partial charge on any atom is 0.416 e. The topological polar surface area (TPSA) is 72.2 Å². The largest absolute Gasteiger partial charge is 0.416 e. The maximum absolute atomic E-state index is 12.5. The molecule has 1 aliphatic carbocycles. The fraction of sp³-hybridized carbons (Fsp3) is 0.538. The van der Waals surface area contributed by atoms with Gasteiger partial charge in [-0.15, -0.1) is 12.4 Å². The van der Waals surface area contributed by atoms with Gasteiger partial charge in [-0.3, -0.25) is 0 Å². The highest BCUT2D eigenvalue weighted by Crippen LogP contribution is 2.32. The molecule has 0 aliphatic heterocycles. The van der Waals surface area contributed by atoms with Gasteiger partial charge in [-0.1, -0.05) is 12.8 Å². The molecule has 0 unspecified atom stereocenters. The van der Waals surface area contributed by atoms with Crippen molar-refractivity contribution in [1.82, 2.24) is 4.72 Å². The molecule has 0 heterocycles. The van der Waals surface area contributed by atoms with Crippen molar-refractivity contribution >= 4 is 22.4 Å². The van der Waals surface area contributed by atoms with Gasteiger partial charge in [-0.25, -0.2) is 13.1 Å². The van der Waals surface area contributed by atoms with Crippen molar-refractivity contribution < 1.29 is 21.6 Å². The van der Waals surface area contributed by atoms with E-state index in [1.165, 1.54) is 0 Å². The number of nitrogens with two attached hydrogens (primary N) is 1. The fourth-order valence-electron chi connectivity index (χ4n) is 2.57. The number of rotatable bonds is 4. The minimum Gasteiger partial charge on any atom is -0.329 e. The molecule has 1 aliphatic rings. The van der Waals surface area contributed by atoms with E-state index in [0.29, 0.717) is 12.8 Å². The Balaban J connectivity index is 0.00000242. The van der Waals surface area contributed by atoms with Gasteiger partial charge in [0.2, 0.25) is 10.0 Å². The number of benzene rings is 1. The third-order valence-corrected chi connectivity index (χ3v) is 5.39. The summed E-state index contributed by atoms with van der Waals surface area (Å²) in [6.07, 6.45) is -1.44. The van der Waals surface area contributed by atoms with Crippen LogP contribution in [0.5, 0.6) is 0 Å². The lowest BCUT2D eigenvalue weighted by atomic mass is 10.0. The number of sulfonamides is 1. The summed E-state index contributed by atoms with van der Waals surface area (Å²) in [5.74, 6) is 0. The Hall–Kier alpha value is -0.830. The van der Waals surface area contributed by atoms with E-state index in [2.05, 4.69) is 4.72 Å². The molecule has 0 aromatic heterocycles. The monoisotopic (exact) mass is 358 g/mol. The van der Waals surface area contributed by atoms with Gasteiger partial charge in [-0.05, 0) is 37.1 Å². The molecule has 2 rings (SSSR count). The van der Waals surface area contributed by atoms with Crippen molar-refractivity contribution in [2.45, 2.75) is 42.3 Å². The van der Waals surface area contributed by atoms with Crippen LogP contribution in [0.3, 0.4) is 0 Å². The lowest BCUT2D eigenvalue weighted by molar-refractivity contribution is -0.137. The number of hydrogen-bond acceptors (Lipinski definition) is 3. The summed E-state index contributed by atoms with van der Waals surface area (Å²) >= 11 is 0. The molecule has 0 saturated heterocycles. The highest BCUT2D eigenvalue weighted by molar-refractivity contribution is 7.89. The quantitative estimate of drug-likeness (QED) is 0.869. The van der Waals surface area contributed by atoms with E-state index >= 15 is 0 Å². The van der Waals surface area contributed by atoms with E-state index < -0.39 is 27.3 Å². The molecule has 1 aromatic carbocycles. The van der Waals surface area contributed by atoms with Crippen molar-refractivity contribution in [3.8, 4) is 0 Å². The second-order valence-corrected chi connectivity index (χ2v) is 7.00. The molecule has 0 spiro atoms. The minimum absolute atomic E-state index is 0. The Morgan fingerprint density at radius 3 is 2.05 bits per heavy atom. The minimum atomic E-state index is -4.49. The molecule has 126 valence electrons. The Bertz CT molecular complexity index is 597. The molecule has 0 radical (unpaired) electrons. The first kappa shape index (κ1) is 19.2. The third-order valence-electron chi connectivity index (χ3n) is 3.79. The van der Waals surface area contributed by atoms with Crippen LogP contribution in [0, 0.1) is 0 Å². The molecular weight excluding hydrogens is 341 g/mol. The van der Waals surface area contributed by atoms with Gasteiger partial charge < -0.3 is 5.73 Å². The predicted molar refractivity (Wildman–Crippen MR) is 79.3 cm³/mol. The molecule has 0 bridgehead atoms. The number of nitrogens with one attached hydrogen (secondary N) is 1. The van der Waals surface area contributed by atoms with Gasteiger partial charge in [0.05, 0.1) is 10.5 Å². The van der Waals surface area contributed by atoms with Crippen molar-refractivity contribution in [3.05, 3.63) is 29.8 Å². The van der Waals surface area contributed by atoms with E-state index in [9.17, 15) is 21.6 Å². The van der Waals surface area contributed by atoms with Gasteiger partial charge in [0.15, 0.2) is 0 Å². The molecule has 4 nitrogen and oxygen atoms in total. The fourth-order valence-corrected chi connectivity index (χ4v) is 4.04. The van der Waals surface area contributed by atoms with Crippen LogP contribution in [0.25, 0.3) is 0 Å². The highest BCUT2D eigenvalue weighted by atomic mass is 35.5. The maximum atomic E-state index is 12.5. The van der Waals surface area contributed by atoms with Gasteiger partial charge in [0.1, 0.15) is 0 Å². The average molecular weight is 359 g/mol. The summed E-state index contributed by atoms with van der Waals surface area (Å²) in [6.45, 7) is 0.173. The summed E-state index contributed by atoms with van der Waals surface area (Å²) in [7, 11) is -3.87. The van der Waals surface area contributed by atoms with Crippen molar-refractivity contribution in [2.75, 3.05) is 6.54 Å². The second kappa shape index (κ2) is 6.74. The van der Waals surface area contributed by atoms with Crippen LogP contribution in [0.4, 0.5) is 13.2 Å². The second-order valence-electron chi connectivity index (χ2n) is 5.32. The molecule has 22 heavy (non-hydrogen) atoms. The zero-order valence-corrected chi connectivity index (χ0v) is 13.3. The molecule has 0 atom stereocenters. The Labute approximate surface area is 133 Å². The first-order valence-electron chi connectivity index (χ1n) is 6.60. The SMILES string of the molecule is Cl.NCC1(NS(=O)(=O)c2ccc(C(F)(F)F)cc2)CCCC1. The van der Waals surface area contributed by atoms with E-state index in [1.807, 2.05) is 0 Å². The lowest BCUT2D eigenvalue weighted by Gasteiger charge is -2.28. The van der Waals surface area contributed by atoms with Gasteiger partial charge in [0, 0.05) is 12.1 Å². The van der Waals surface area contributed by atoms with E-state index in [4.69, 9.17) is 5.73 Å². The summed E-state index contributed by atoms with van der Waals surface area (Å²) < 4.78 is 64.5. The number of alkyl halides is 3. The Morgan fingerprint density at radius 2 is 1.64 bits per heavy atom. The lowest BCUT2D eigenvalue weighted by Crippen LogP contribution is -2.51. The molecular formula is C13H18ClF3N2O2S. The molecule has 0 amide bonds. The van der Waals surface area contributed by atoms with Crippen LogP contribution in [-0.2, 0) is 16.2 Å². The van der Waals surface area contributed by atoms with Crippen LogP contribution in [0.15, 0.2) is 29.2 Å². The molecule has 1 aromatic rings. The van der Waals surface area contributed by atoms with Crippen LogP contribution in [-0.4, -0.2) is 20.5 Å². The molecule has 1 fully saturated rings. The standard InChI is InChI=1S/C13H17F3N2O2S.ClH/c14-13(15,16)10-3-5-11(6-4-10)21(19,20)18-12(9-17)7-1-2-8-12;/h3-6,18H,1-2,7-9,17H2;1H. The van der Waals surface area contributed by atoms with Crippen molar-refractivity contribution in [3.63, 3.8) is 0 Å².